The van der Waals surface area contributed by atoms with Gasteiger partial charge in [0.25, 0.3) is 5.91 Å². The number of carbonyl (C=O) groups is 2. The summed E-state index contributed by atoms with van der Waals surface area (Å²) in [7, 11) is -3.84. The number of aromatic nitrogens is 2. The molecule has 190 valence electrons. The Bertz CT molecular complexity index is 1640. The lowest BCUT2D eigenvalue weighted by Crippen LogP contribution is -2.29. The molecule has 37 heavy (non-hydrogen) atoms. The van der Waals surface area contributed by atoms with E-state index < -0.39 is 16.1 Å². The summed E-state index contributed by atoms with van der Waals surface area (Å²) in [6.45, 7) is 5.91. The highest BCUT2D eigenvalue weighted by Gasteiger charge is 2.33. The zero-order valence-electron chi connectivity index (χ0n) is 20.7. The Balaban J connectivity index is 1.48. The van der Waals surface area contributed by atoms with Crippen molar-refractivity contribution < 1.29 is 18.0 Å². The molecule has 0 saturated carbocycles. The number of anilines is 1. The molecule has 1 aliphatic rings. The highest BCUT2D eigenvalue weighted by molar-refractivity contribution is 7.88. The van der Waals surface area contributed by atoms with Crippen molar-refractivity contribution in [3.8, 4) is 5.69 Å². The van der Waals surface area contributed by atoms with Crippen molar-refractivity contribution in [1.82, 2.24) is 18.8 Å². The molecule has 4 aromatic rings. The van der Waals surface area contributed by atoms with Crippen LogP contribution >= 0.6 is 0 Å². The van der Waals surface area contributed by atoms with Crippen LogP contribution < -0.4 is 10.0 Å². The number of rotatable bonds is 5. The number of hydrogen-bond donors (Lipinski definition) is 2. The first-order valence-electron chi connectivity index (χ1n) is 11.8. The molecule has 1 fully saturated rings. The molecule has 10 heteroatoms. The summed E-state index contributed by atoms with van der Waals surface area (Å²) in [4.78, 5) is 24.8. The number of amides is 2. The third-order valence-corrected chi connectivity index (χ3v) is 7.57. The van der Waals surface area contributed by atoms with E-state index in [0.29, 0.717) is 22.6 Å². The summed E-state index contributed by atoms with van der Waals surface area (Å²) in [5.41, 5.74) is 2.36. The predicted molar refractivity (Wildman–Crippen MR) is 142 cm³/mol. The van der Waals surface area contributed by atoms with E-state index in [2.05, 4.69) is 5.32 Å². The highest BCUT2D eigenvalue weighted by atomic mass is 32.2. The van der Waals surface area contributed by atoms with Crippen LogP contribution in [0, 0.1) is 0 Å². The molecule has 0 spiro atoms. The van der Waals surface area contributed by atoms with Crippen molar-refractivity contribution in [2.75, 3.05) is 11.9 Å². The van der Waals surface area contributed by atoms with Crippen molar-refractivity contribution in [3.63, 3.8) is 0 Å². The minimum Gasteiger partial charge on any atom is -0.306 e. The average molecular weight is 518 g/mol. The molecule has 1 aromatic heterocycles. The SMILES string of the molecule is CC(C)(C)c1cc(NC(=O)c2ccc3ccccc3c2)n(-c2cccc(CN3CC(=O)NS3(=O)=O)c2)n1. The first kappa shape index (κ1) is 24.7. The minimum absolute atomic E-state index is 0.0289. The van der Waals surface area contributed by atoms with Crippen LogP contribution in [0.25, 0.3) is 16.5 Å². The fourth-order valence-electron chi connectivity index (χ4n) is 4.17. The molecule has 1 aliphatic heterocycles. The molecule has 2 N–H and O–H groups in total. The topological polar surface area (TPSA) is 113 Å². The molecule has 0 unspecified atom stereocenters. The first-order valence-corrected chi connectivity index (χ1v) is 13.2. The van der Waals surface area contributed by atoms with E-state index >= 15 is 0 Å². The standard InChI is InChI=1S/C27H27N5O4S/c1-27(2,3)23-15-24(28-26(34)21-12-11-19-8-4-5-9-20(19)14-21)32(29-23)22-10-6-7-18(13-22)16-31-17-25(33)30-37(31,35)36/h4-15H,16-17H2,1-3H3,(H,28,34)(H,30,33). The maximum Gasteiger partial charge on any atom is 0.304 e. The molecule has 1 saturated heterocycles. The van der Waals surface area contributed by atoms with Gasteiger partial charge in [0.15, 0.2) is 0 Å². The average Bonchev–Trinajstić information content (AvgIpc) is 3.38. The molecule has 2 heterocycles. The second kappa shape index (κ2) is 9.13. The van der Waals surface area contributed by atoms with E-state index in [9.17, 15) is 18.0 Å². The van der Waals surface area contributed by atoms with Crippen LogP contribution in [0.3, 0.4) is 0 Å². The number of hydrogen-bond acceptors (Lipinski definition) is 5. The van der Waals surface area contributed by atoms with Gasteiger partial charge in [-0.05, 0) is 40.6 Å². The van der Waals surface area contributed by atoms with Crippen LogP contribution in [-0.2, 0) is 27.0 Å². The van der Waals surface area contributed by atoms with E-state index in [-0.39, 0.29) is 24.4 Å². The van der Waals surface area contributed by atoms with E-state index in [0.717, 1.165) is 20.8 Å². The lowest BCUT2D eigenvalue weighted by Gasteiger charge is -2.15. The molecule has 0 aliphatic carbocycles. The molecule has 0 bridgehead atoms. The van der Waals surface area contributed by atoms with E-state index in [4.69, 9.17) is 5.10 Å². The van der Waals surface area contributed by atoms with E-state index in [1.165, 1.54) is 0 Å². The fraction of sp³-hybridized carbons (Fsp3) is 0.222. The smallest absolute Gasteiger partial charge is 0.304 e. The summed E-state index contributed by atoms with van der Waals surface area (Å²) in [5, 5.41) is 9.78. The minimum atomic E-state index is -3.84. The number of nitrogens with zero attached hydrogens (tertiary/aromatic N) is 3. The van der Waals surface area contributed by atoms with E-state index in [1.54, 1.807) is 28.9 Å². The zero-order chi connectivity index (χ0) is 26.4. The van der Waals surface area contributed by atoms with Gasteiger partial charge in [0.1, 0.15) is 5.82 Å². The Hall–Kier alpha value is -4.02. The van der Waals surface area contributed by atoms with Crippen molar-refractivity contribution in [2.24, 2.45) is 0 Å². The Morgan fingerprint density at radius 2 is 1.76 bits per heavy atom. The summed E-state index contributed by atoms with van der Waals surface area (Å²) in [6.07, 6.45) is 0. The zero-order valence-corrected chi connectivity index (χ0v) is 21.5. The van der Waals surface area contributed by atoms with Gasteiger partial charge in [-0.15, -0.1) is 0 Å². The summed E-state index contributed by atoms with van der Waals surface area (Å²) in [6, 6.07) is 22.4. The molecule has 5 rings (SSSR count). The summed E-state index contributed by atoms with van der Waals surface area (Å²) in [5.74, 6) is -0.334. The van der Waals surface area contributed by atoms with Gasteiger partial charge < -0.3 is 5.32 Å². The van der Waals surface area contributed by atoms with Crippen molar-refractivity contribution in [2.45, 2.75) is 32.7 Å². The maximum atomic E-state index is 13.2. The molecule has 3 aromatic carbocycles. The van der Waals surface area contributed by atoms with Crippen LogP contribution in [0.4, 0.5) is 5.82 Å². The first-order chi connectivity index (χ1) is 17.5. The number of nitrogens with one attached hydrogen (secondary N) is 2. The lowest BCUT2D eigenvalue weighted by molar-refractivity contribution is -0.118. The second-order valence-electron chi connectivity index (χ2n) is 10.1. The lowest BCUT2D eigenvalue weighted by atomic mass is 9.92. The quantitative estimate of drug-likeness (QED) is 0.419. The third-order valence-electron chi connectivity index (χ3n) is 6.15. The van der Waals surface area contributed by atoms with Crippen LogP contribution in [0.1, 0.15) is 42.4 Å². The molecule has 2 amide bonds. The van der Waals surface area contributed by atoms with Gasteiger partial charge in [0, 0.05) is 23.6 Å². The monoisotopic (exact) mass is 517 g/mol. The summed E-state index contributed by atoms with van der Waals surface area (Å²) < 4.78 is 29.0. The number of carbonyl (C=O) groups excluding carboxylic acids is 2. The summed E-state index contributed by atoms with van der Waals surface area (Å²) >= 11 is 0. The third kappa shape index (κ3) is 5.11. The molecular formula is C27H27N5O4S. The molecule has 9 nitrogen and oxygen atoms in total. The van der Waals surface area contributed by atoms with Gasteiger partial charge in [-0.3, -0.25) is 9.59 Å². The molecule has 0 atom stereocenters. The van der Waals surface area contributed by atoms with Crippen molar-refractivity contribution in [3.05, 3.63) is 89.6 Å². The van der Waals surface area contributed by atoms with Crippen molar-refractivity contribution in [1.29, 1.82) is 0 Å². The maximum absolute atomic E-state index is 13.2. The van der Waals surface area contributed by atoms with Gasteiger partial charge in [-0.1, -0.05) is 63.2 Å². The predicted octanol–water partition coefficient (Wildman–Crippen LogP) is 3.75. The molecule has 0 radical (unpaired) electrons. The Morgan fingerprint density at radius 3 is 2.46 bits per heavy atom. The Morgan fingerprint density at radius 1 is 1.00 bits per heavy atom. The van der Waals surface area contributed by atoms with Crippen LogP contribution in [0.5, 0.6) is 0 Å². The van der Waals surface area contributed by atoms with Crippen LogP contribution in [0.2, 0.25) is 0 Å². The second-order valence-corrected chi connectivity index (χ2v) is 11.7. The molecular weight excluding hydrogens is 490 g/mol. The van der Waals surface area contributed by atoms with Gasteiger partial charge in [-0.25, -0.2) is 9.40 Å². The van der Waals surface area contributed by atoms with Crippen LogP contribution in [0.15, 0.2) is 72.8 Å². The van der Waals surface area contributed by atoms with Gasteiger partial charge in [-0.2, -0.15) is 17.8 Å². The number of fused-ring (bicyclic) bond motifs is 1. The van der Waals surface area contributed by atoms with Gasteiger partial charge in [0.2, 0.25) is 5.91 Å². The van der Waals surface area contributed by atoms with Gasteiger partial charge >= 0.3 is 10.2 Å². The normalized spacial score (nSPS) is 15.6. The Kier molecular flexibility index (Phi) is 6.09. The van der Waals surface area contributed by atoms with Gasteiger partial charge in [0.05, 0.1) is 17.9 Å². The number of benzene rings is 3. The fourth-order valence-corrected chi connectivity index (χ4v) is 5.26. The van der Waals surface area contributed by atoms with E-state index in [1.807, 2.05) is 74.0 Å². The Labute approximate surface area is 215 Å². The van der Waals surface area contributed by atoms with Crippen LogP contribution in [-0.4, -0.2) is 40.9 Å². The van der Waals surface area contributed by atoms with Crippen molar-refractivity contribution >= 4 is 38.6 Å². The largest absolute Gasteiger partial charge is 0.306 e. The highest BCUT2D eigenvalue weighted by Crippen LogP contribution is 2.28.